The van der Waals surface area contributed by atoms with Gasteiger partial charge in [-0.3, -0.25) is 13.9 Å². The van der Waals surface area contributed by atoms with E-state index in [4.69, 9.17) is 0 Å². The molecule has 5 nitrogen and oxygen atoms in total. The van der Waals surface area contributed by atoms with Crippen molar-refractivity contribution >= 4 is 5.91 Å². The molecule has 1 aromatic heterocycles. The molecular formula is C10H17N3O2. The van der Waals surface area contributed by atoms with E-state index >= 15 is 0 Å². The van der Waals surface area contributed by atoms with Crippen molar-refractivity contribution in [1.29, 1.82) is 0 Å². The molecule has 0 radical (unpaired) electrons. The lowest BCUT2D eigenvalue weighted by molar-refractivity contribution is -0.130. The fourth-order valence-electron chi connectivity index (χ4n) is 1.26. The molecule has 1 rings (SSSR count). The van der Waals surface area contributed by atoms with Crippen molar-refractivity contribution in [3.8, 4) is 0 Å². The molecule has 0 unspecified atom stereocenters. The van der Waals surface area contributed by atoms with Gasteiger partial charge in [-0.05, 0) is 13.8 Å². The number of amides is 1. The second-order valence-corrected chi connectivity index (χ2v) is 3.40. The van der Waals surface area contributed by atoms with E-state index in [9.17, 15) is 9.59 Å². The average molecular weight is 211 g/mol. The Hall–Kier alpha value is -1.52. The quantitative estimate of drug-likeness (QED) is 0.711. The normalized spacial score (nSPS) is 10.3. The fraction of sp³-hybridized carbons (Fsp3) is 0.600. The zero-order valence-corrected chi connectivity index (χ0v) is 9.43. The van der Waals surface area contributed by atoms with Gasteiger partial charge in [-0.25, -0.2) is 4.79 Å². The van der Waals surface area contributed by atoms with E-state index in [0.717, 1.165) is 0 Å². The fourth-order valence-corrected chi connectivity index (χ4v) is 1.26. The van der Waals surface area contributed by atoms with Gasteiger partial charge in [0.25, 0.3) is 0 Å². The van der Waals surface area contributed by atoms with E-state index in [0.29, 0.717) is 13.1 Å². The van der Waals surface area contributed by atoms with Gasteiger partial charge in [0.2, 0.25) is 5.91 Å². The Kier molecular flexibility index (Phi) is 3.71. The molecule has 5 heteroatoms. The minimum absolute atomic E-state index is 0.0477. The molecule has 0 aromatic carbocycles. The third-order valence-electron chi connectivity index (χ3n) is 2.46. The molecule has 84 valence electrons. The molecule has 0 aliphatic rings. The molecule has 1 heterocycles. The van der Waals surface area contributed by atoms with Crippen molar-refractivity contribution in [1.82, 2.24) is 14.0 Å². The zero-order valence-electron chi connectivity index (χ0n) is 9.43. The molecule has 0 saturated heterocycles. The number of carbonyl (C=O) groups excluding carboxylic acids is 1. The Labute approximate surface area is 88.9 Å². The van der Waals surface area contributed by atoms with Crippen molar-refractivity contribution in [2.75, 3.05) is 13.6 Å². The van der Waals surface area contributed by atoms with E-state index in [-0.39, 0.29) is 18.1 Å². The van der Waals surface area contributed by atoms with E-state index in [2.05, 4.69) is 0 Å². The topological polar surface area (TPSA) is 47.2 Å². The molecule has 0 atom stereocenters. The summed E-state index contributed by atoms with van der Waals surface area (Å²) in [4.78, 5) is 24.7. The zero-order chi connectivity index (χ0) is 11.4. The second kappa shape index (κ2) is 4.82. The predicted octanol–water partition coefficient (Wildman–Crippen LogP) is 0.148. The maximum Gasteiger partial charge on any atom is 0.328 e. The summed E-state index contributed by atoms with van der Waals surface area (Å²) in [5.41, 5.74) is -0.129. The van der Waals surface area contributed by atoms with Crippen LogP contribution in [-0.4, -0.2) is 33.5 Å². The van der Waals surface area contributed by atoms with Crippen LogP contribution in [0.3, 0.4) is 0 Å². The third-order valence-corrected chi connectivity index (χ3v) is 2.46. The van der Waals surface area contributed by atoms with Gasteiger partial charge in [0.15, 0.2) is 0 Å². The molecule has 0 N–H and O–H groups in total. The van der Waals surface area contributed by atoms with Gasteiger partial charge in [0.1, 0.15) is 6.54 Å². The summed E-state index contributed by atoms with van der Waals surface area (Å²) in [5.74, 6) is -0.0477. The number of hydrogen-bond donors (Lipinski definition) is 0. The largest absolute Gasteiger partial charge is 0.344 e. The summed E-state index contributed by atoms with van der Waals surface area (Å²) in [6.45, 7) is 5.20. The van der Waals surface area contributed by atoms with Gasteiger partial charge in [0, 0.05) is 32.5 Å². The maximum atomic E-state index is 11.6. The number of hydrogen-bond acceptors (Lipinski definition) is 2. The molecule has 0 fully saturated rings. The number of aryl methyl sites for hydroxylation is 1. The number of aromatic nitrogens is 2. The van der Waals surface area contributed by atoms with Crippen LogP contribution < -0.4 is 5.69 Å². The lowest BCUT2D eigenvalue weighted by atomic mass is 10.5. The van der Waals surface area contributed by atoms with Crippen LogP contribution in [0.2, 0.25) is 0 Å². The highest BCUT2D eigenvalue weighted by atomic mass is 16.2. The van der Waals surface area contributed by atoms with E-state index in [1.165, 1.54) is 4.57 Å². The molecule has 0 aliphatic heterocycles. The van der Waals surface area contributed by atoms with Crippen molar-refractivity contribution < 1.29 is 4.79 Å². The Bertz CT molecular complexity index is 392. The van der Waals surface area contributed by atoms with Gasteiger partial charge in [-0.1, -0.05) is 0 Å². The van der Waals surface area contributed by atoms with E-state index in [1.54, 1.807) is 28.9 Å². The summed E-state index contributed by atoms with van der Waals surface area (Å²) in [6, 6.07) is 0. The third kappa shape index (κ3) is 2.49. The standard InChI is InChI=1S/C10H17N3O2/c1-4-11(3)9(14)8-13-7-6-12(5-2)10(13)15/h6-7H,4-5,8H2,1-3H3. The van der Waals surface area contributed by atoms with Gasteiger partial charge in [-0.15, -0.1) is 0 Å². The Morgan fingerprint density at radius 1 is 1.33 bits per heavy atom. The first kappa shape index (κ1) is 11.6. The summed E-state index contributed by atoms with van der Waals surface area (Å²) in [5, 5.41) is 0. The van der Waals surface area contributed by atoms with Crippen molar-refractivity contribution in [2.45, 2.75) is 26.9 Å². The van der Waals surface area contributed by atoms with E-state index < -0.39 is 0 Å². The van der Waals surface area contributed by atoms with Gasteiger partial charge < -0.3 is 4.90 Å². The van der Waals surface area contributed by atoms with Crippen molar-refractivity contribution in [2.24, 2.45) is 0 Å². The van der Waals surface area contributed by atoms with Crippen LogP contribution in [0.25, 0.3) is 0 Å². The van der Waals surface area contributed by atoms with Gasteiger partial charge in [0.05, 0.1) is 0 Å². The van der Waals surface area contributed by atoms with Crippen LogP contribution in [-0.2, 0) is 17.9 Å². The van der Waals surface area contributed by atoms with Crippen LogP contribution in [0.15, 0.2) is 17.2 Å². The summed E-state index contributed by atoms with van der Waals surface area (Å²) in [6.07, 6.45) is 3.34. The molecule has 15 heavy (non-hydrogen) atoms. The van der Waals surface area contributed by atoms with Crippen LogP contribution in [0.4, 0.5) is 0 Å². The molecule has 1 amide bonds. The van der Waals surface area contributed by atoms with E-state index in [1.807, 2.05) is 13.8 Å². The predicted molar refractivity (Wildman–Crippen MR) is 57.7 cm³/mol. The highest BCUT2D eigenvalue weighted by Gasteiger charge is 2.09. The van der Waals surface area contributed by atoms with Crippen LogP contribution in [0.5, 0.6) is 0 Å². The van der Waals surface area contributed by atoms with Crippen molar-refractivity contribution in [3.63, 3.8) is 0 Å². The Morgan fingerprint density at radius 3 is 2.40 bits per heavy atom. The first-order valence-electron chi connectivity index (χ1n) is 5.09. The molecule has 0 saturated carbocycles. The number of likely N-dealkylation sites (N-methyl/N-ethyl adjacent to an activating group) is 1. The minimum atomic E-state index is -0.129. The highest BCUT2D eigenvalue weighted by Crippen LogP contribution is 1.90. The molecule has 0 aliphatic carbocycles. The smallest absolute Gasteiger partial charge is 0.328 e. The minimum Gasteiger partial charge on any atom is -0.344 e. The number of nitrogens with zero attached hydrogens (tertiary/aromatic N) is 3. The first-order chi connectivity index (χ1) is 7.10. The lowest BCUT2D eigenvalue weighted by Crippen LogP contribution is -2.34. The molecule has 0 bridgehead atoms. The van der Waals surface area contributed by atoms with Gasteiger partial charge >= 0.3 is 5.69 Å². The number of carbonyl (C=O) groups is 1. The van der Waals surface area contributed by atoms with Crippen LogP contribution in [0, 0.1) is 0 Å². The SMILES string of the molecule is CCN(C)C(=O)Cn1ccn(CC)c1=O. The average Bonchev–Trinajstić information content (AvgIpc) is 2.58. The monoisotopic (exact) mass is 211 g/mol. The number of imidazole rings is 1. The Morgan fingerprint density at radius 2 is 1.93 bits per heavy atom. The summed E-state index contributed by atoms with van der Waals surface area (Å²) >= 11 is 0. The first-order valence-corrected chi connectivity index (χ1v) is 5.09. The van der Waals surface area contributed by atoms with Crippen LogP contribution in [0.1, 0.15) is 13.8 Å². The Balaban J connectivity index is 2.77. The molecule has 0 spiro atoms. The van der Waals surface area contributed by atoms with Crippen LogP contribution >= 0.6 is 0 Å². The molecular weight excluding hydrogens is 194 g/mol. The second-order valence-electron chi connectivity index (χ2n) is 3.40. The maximum absolute atomic E-state index is 11.6. The molecule has 1 aromatic rings. The lowest BCUT2D eigenvalue weighted by Gasteiger charge is -2.13. The summed E-state index contributed by atoms with van der Waals surface area (Å²) < 4.78 is 3.00. The summed E-state index contributed by atoms with van der Waals surface area (Å²) in [7, 11) is 1.73. The van der Waals surface area contributed by atoms with Crippen molar-refractivity contribution in [3.05, 3.63) is 22.9 Å². The highest BCUT2D eigenvalue weighted by molar-refractivity contribution is 5.75. The number of rotatable bonds is 4. The van der Waals surface area contributed by atoms with Gasteiger partial charge in [-0.2, -0.15) is 0 Å².